The first-order valence-electron chi connectivity index (χ1n) is 7.12. The minimum atomic E-state index is -0.489. The molecule has 2 rings (SSSR count). The molecule has 23 heavy (non-hydrogen) atoms. The van der Waals surface area contributed by atoms with Crippen LogP contribution in [0.15, 0.2) is 42.5 Å². The predicted molar refractivity (Wildman–Crippen MR) is 86.4 cm³/mol. The summed E-state index contributed by atoms with van der Waals surface area (Å²) in [7, 11) is 0. The van der Waals surface area contributed by atoms with E-state index in [0.717, 1.165) is 5.56 Å². The van der Waals surface area contributed by atoms with Crippen LogP contribution in [-0.4, -0.2) is 18.4 Å². The number of hydrogen-bond acceptors (Lipinski definition) is 3. The van der Waals surface area contributed by atoms with Gasteiger partial charge in [-0.05, 0) is 36.8 Å². The molecule has 2 amide bonds. The van der Waals surface area contributed by atoms with Crippen molar-refractivity contribution in [3.8, 4) is 0 Å². The fourth-order valence-corrected chi connectivity index (χ4v) is 2.13. The van der Waals surface area contributed by atoms with Crippen molar-refractivity contribution in [2.45, 2.75) is 13.5 Å². The lowest BCUT2D eigenvalue weighted by molar-refractivity contribution is -0.119. The molecule has 2 aromatic carbocycles. The van der Waals surface area contributed by atoms with E-state index >= 15 is 0 Å². The number of aryl methyl sites for hydroxylation is 1. The van der Waals surface area contributed by atoms with Crippen molar-refractivity contribution in [1.82, 2.24) is 5.32 Å². The topological polar surface area (TPSA) is 84.2 Å². The van der Waals surface area contributed by atoms with E-state index in [1.807, 2.05) is 0 Å². The number of carbonyl (C=O) groups excluding carboxylic acids is 2. The number of anilines is 1. The average Bonchev–Trinajstić information content (AvgIpc) is 2.52. The number of benzene rings is 2. The van der Waals surface area contributed by atoms with Gasteiger partial charge in [-0.3, -0.25) is 9.59 Å². The minimum Gasteiger partial charge on any atom is -0.376 e. The van der Waals surface area contributed by atoms with Gasteiger partial charge >= 0.3 is 0 Å². The van der Waals surface area contributed by atoms with Gasteiger partial charge in [0.15, 0.2) is 0 Å². The molecule has 4 N–H and O–H groups in total. The summed E-state index contributed by atoms with van der Waals surface area (Å²) in [5.41, 5.74) is 7.55. The second-order valence-electron chi connectivity index (χ2n) is 5.12. The lowest BCUT2D eigenvalue weighted by Crippen LogP contribution is -2.29. The maximum absolute atomic E-state index is 13.4. The van der Waals surface area contributed by atoms with Crippen molar-refractivity contribution in [1.29, 1.82) is 0 Å². The molecule has 0 aliphatic rings. The van der Waals surface area contributed by atoms with Crippen LogP contribution in [0.5, 0.6) is 0 Å². The first kappa shape index (κ1) is 16.5. The largest absolute Gasteiger partial charge is 0.376 e. The second-order valence-corrected chi connectivity index (χ2v) is 5.12. The summed E-state index contributed by atoms with van der Waals surface area (Å²) in [6.07, 6.45) is 0. The molecule has 2 aromatic rings. The zero-order chi connectivity index (χ0) is 16.8. The van der Waals surface area contributed by atoms with Crippen LogP contribution in [0.4, 0.5) is 10.1 Å². The van der Waals surface area contributed by atoms with Gasteiger partial charge in [0, 0.05) is 23.4 Å². The highest BCUT2D eigenvalue weighted by atomic mass is 19.1. The summed E-state index contributed by atoms with van der Waals surface area (Å²) in [4.78, 5) is 22.9. The van der Waals surface area contributed by atoms with E-state index in [1.165, 1.54) is 6.07 Å². The number of primary amides is 1. The smallest absolute Gasteiger partial charge is 0.248 e. The van der Waals surface area contributed by atoms with Gasteiger partial charge in [0.1, 0.15) is 5.82 Å². The van der Waals surface area contributed by atoms with Crippen molar-refractivity contribution >= 4 is 17.5 Å². The Morgan fingerprint density at radius 3 is 2.57 bits per heavy atom. The number of nitrogens with two attached hydrogens (primary N) is 1. The Kier molecular flexibility index (Phi) is 5.30. The van der Waals surface area contributed by atoms with Crippen molar-refractivity contribution in [3.63, 3.8) is 0 Å². The fourth-order valence-electron chi connectivity index (χ4n) is 2.13. The van der Waals surface area contributed by atoms with Gasteiger partial charge in [0.25, 0.3) is 0 Å². The molecule has 0 aromatic heterocycles. The summed E-state index contributed by atoms with van der Waals surface area (Å²) in [6.45, 7) is 1.94. The van der Waals surface area contributed by atoms with Gasteiger partial charge in [-0.1, -0.05) is 18.2 Å². The molecule has 6 heteroatoms. The molecule has 0 saturated carbocycles. The van der Waals surface area contributed by atoms with Gasteiger partial charge in [0.2, 0.25) is 11.8 Å². The summed E-state index contributed by atoms with van der Waals surface area (Å²) in [5, 5.41) is 5.58. The molecule has 0 spiro atoms. The van der Waals surface area contributed by atoms with E-state index in [1.54, 1.807) is 43.3 Å². The zero-order valence-corrected chi connectivity index (χ0v) is 12.7. The van der Waals surface area contributed by atoms with E-state index in [0.29, 0.717) is 16.8 Å². The summed E-state index contributed by atoms with van der Waals surface area (Å²) < 4.78 is 13.4. The molecule has 0 aliphatic heterocycles. The standard InChI is InChI=1S/C17H18FN3O2/c1-11-8-13(6-7-14(11)17(19)23)20-10-16(22)21-9-12-4-2-3-5-15(12)18/h2-8,20H,9-10H2,1H3,(H2,19,23)(H,21,22). The predicted octanol–water partition coefficient (Wildman–Crippen LogP) is 1.96. The summed E-state index contributed by atoms with van der Waals surface area (Å²) in [5.74, 6) is -1.10. The molecule has 0 atom stereocenters. The molecular formula is C17H18FN3O2. The number of hydrogen-bond donors (Lipinski definition) is 3. The van der Waals surface area contributed by atoms with E-state index in [9.17, 15) is 14.0 Å². The van der Waals surface area contributed by atoms with Crippen molar-refractivity contribution in [3.05, 3.63) is 65.0 Å². The Hall–Kier alpha value is -2.89. The molecule has 0 aliphatic carbocycles. The summed E-state index contributed by atoms with van der Waals surface area (Å²) in [6, 6.07) is 11.3. The number of amides is 2. The molecule has 0 fully saturated rings. The number of halogens is 1. The van der Waals surface area contributed by atoms with Crippen LogP contribution >= 0.6 is 0 Å². The Labute approximate surface area is 133 Å². The second kappa shape index (κ2) is 7.40. The molecule has 0 bridgehead atoms. The maximum Gasteiger partial charge on any atom is 0.248 e. The quantitative estimate of drug-likeness (QED) is 0.762. The lowest BCUT2D eigenvalue weighted by atomic mass is 10.1. The zero-order valence-electron chi connectivity index (χ0n) is 12.7. The highest BCUT2D eigenvalue weighted by Crippen LogP contribution is 2.14. The number of carbonyl (C=O) groups is 2. The third-order valence-electron chi connectivity index (χ3n) is 3.38. The average molecular weight is 315 g/mol. The highest BCUT2D eigenvalue weighted by Gasteiger charge is 2.07. The SMILES string of the molecule is Cc1cc(NCC(=O)NCc2ccccc2F)ccc1C(N)=O. The number of nitrogens with one attached hydrogen (secondary N) is 2. The van der Waals surface area contributed by atoms with Gasteiger partial charge in [0.05, 0.1) is 6.54 Å². The van der Waals surface area contributed by atoms with Crippen LogP contribution in [-0.2, 0) is 11.3 Å². The monoisotopic (exact) mass is 315 g/mol. The van der Waals surface area contributed by atoms with E-state index in [4.69, 9.17) is 5.73 Å². The number of rotatable bonds is 6. The van der Waals surface area contributed by atoms with Gasteiger partial charge < -0.3 is 16.4 Å². The van der Waals surface area contributed by atoms with E-state index < -0.39 is 5.91 Å². The van der Waals surface area contributed by atoms with Crippen LogP contribution in [0.2, 0.25) is 0 Å². The van der Waals surface area contributed by atoms with Crippen LogP contribution < -0.4 is 16.4 Å². The van der Waals surface area contributed by atoms with Gasteiger partial charge in [-0.15, -0.1) is 0 Å². The van der Waals surface area contributed by atoms with Crippen LogP contribution in [0.3, 0.4) is 0 Å². The first-order valence-corrected chi connectivity index (χ1v) is 7.12. The highest BCUT2D eigenvalue weighted by molar-refractivity contribution is 5.94. The van der Waals surface area contributed by atoms with E-state index in [-0.39, 0.29) is 24.8 Å². The van der Waals surface area contributed by atoms with Gasteiger partial charge in [-0.2, -0.15) is 0 Å². The fraction of sp³-hybridized carbons (Fsp3) is 0.176. The molecular weight excluding hydrogens is 297 g/mol. The minimum absolute atomic E-state index is 0.0454. The van der Waals surface area contributed by atoms with Crippen LogP contribution in [0.25, 0.3) is 0 Å². The van der Waals surface area contributed by atoms with Crippen molar-refractivity contribution < 1.29 is 14.0 Å². The van der Waals surface area contributed by atoms with Gasteiger partial charge in [-0.25, -0.2) is 4.39 Å². The Morgan fingerprint density at radius 2 is 1.91 bits per heavy atom. The molecule has 120 valence electrons. The summed E-state index contributed by atoms with van der Waals surface area (Å²) >= 11 is 0. The third kappa shape index (κ3) is 4.54. The molecule has 5 nitrogen and oxygen atoms in total. The normalized spacial score (nSPS) is 10.2. The molecule has 0 heterocycles. The molecule has 0 unspecified atom stereocenters. The molecule has 0 saturated heterocycles. The third-order valence-corrected chi connectivity index (χ3v) is 3.38. The van der Waals surface area contributed by atoms with Crippen LogP contribution in [0.1, 0.15) is 21.5 Å². The molecule has 0 radical (unpaired) electrons. The Bertz CT molecular complexity index is 732. The Morgan fingerprint density at radius 1 is 1.17 bits per heavy atom. The lowest BCUT2D eigenvalue weighted by Gasteiger charge is -2.10. The van der Waals surface area contributed by atoms with E-state index in [2.05, 4.69) is 10.6 Å². The van der Waals surface area contributed by atoms with Crippen molar-refractivity contribution in [2.24, 2.45) is 5.73 Å². The van der Waals surface area contributed by atoms with Crippen LogP contribution in [0, 0.1) is 12.7 Å². The van der Waals surface area contributed by atoms with Crippen molar-refractivity contribution in [2.75, 3.05) is 11.9 Å². The first-order chi connectivity index (χ1) is 11.0. The Balaban J connectivity index is 1.86. The maximum atomic E-state index is 13.4.